The van der Waals surface area contributed by atoms with Crippen LogP contribution in [0.25, 0.3) is 0 Å². The molecule has 6 heteroatoms. The third-order valence-corrected chi connectivity index (χ3v) is 4.10. The SMILES string of the molecule is CCC(C)N(CC(=O)O)C1CCC(C(F)(F)F)CC1. The van der Waals surface area contributed by atoms with Crippen molar-refractivity contribution in [3.63, 3.8) is 0 Å². The minimum absolute atomic E-state index is 0.0374. The average Bonchev–Trinajstić information content (AvgIpc) is 2.34. The first kappa shape index (κ1) is 16.3. The van der Waals surface area contributed by atoms with Crippen LogP contribution in [0, 0.1) is 5.92 Å². The molecule has 0 spiro atoms. The predicted octanol–water partition coefficient (Wildman–Crippen LogP) is 3.29. The number of carbonyl (C=O) groups is 1. The van der Waals surface area contributed by atoms with E-state index in [4.69, 9.17) is 5.11 Å². The van der Waals surface area contributed by atoms with Gasteiger partial charge in [0.1, 0.15) is 0 Å². The second-order valence-corrected chi connectivity index (χ2v) is 5.37. The molecule has 0 bridgehead atoms. The lowest BCUT2D eigenvalue weighted by Crippen LogP contribution is -2.47. The van der Waals surface area contributed by atoms with E-state index in [2.05, 4.69) is 0 Å². The van der Waals surface area contributed by atoms with E-state index in [1.807, 2.05) is 18.7 Å². The van der Waals surface area contributed by atoms with E-state index < -0.39 is 18.1 Å². The Morgan fingerprint density at radius 1 is 1.32 bits per heavy atom. The van der Waals surface area contributed by atoms with Gasteiger partial charge in [0.2, 0.25) is 0 Å². The van der Waals surface area contributed by atoms with Crippen molar-refractivity contribution in [2.24, 2.45) is 5.92 Å². The van der Waals surface area contributed by atoms with Gasteiger partial charge in [-0.3, -0.25) is 9.69 Å². The van der Waals surface area contributed by atoms with Crippen LogP contribution in [0.5, 0.6) is 0 Å². The highest BCUT2D eigenvalue weighted by Gasteiger charge is 2.42. The van der Waals surface area contributed by atoms with Gasteiger partial charge in [-0.1, -0.05) is 6.92 Å². The first-order chi connectivity index (χ1) is 8.75. The summed E-state index contributed by atoms with van der Waals surface area (Å²) in [6.07, 6.45) is -2.23. The van der Waals surface area contributed by atoms with Crippen LogP contribution in [0.1, 0.15) is 46.0 Å². The van der Waals surface area contributed by atoms with E-state index >= 15 is 0 Å². The molecular formula is C13H22F3NO2. The quantitative estimate of drug-likeness (QED) is 0.840. The Morgan fingerprint density at radius 2 is 1.84 bits per heavy atom. The molecule has 0 aromatic carbocycles. The van der Waals surface area contributed by atoms with E-state index in [9.17, 15) is 18.0 Å². The maximum Gasteiger partial charge on any atom is 0.391 e. The summed E-state index contributed by atoms with van der Waals surface area (Å²) in [5.41, 5.74) is 0. The summed E-state index contributed by atoms with van der Waals surface area (Å²) in [5.74, 6) is -2.13. The van der Waals surface area contributed by atoms with Gasteiger partial charge in [0.05, 0.1) is 12.5 Å². The first-order valence-corrected chi connectivity index (χ1v) is 6.80. The topological polar surface area (TPSA) is 40.5 Å². The van der Waals surface area contributed by atoms with Gasteiger partial charge >= 0.3 is 12.1 Å². The zero-order valence-electron chi connectivity index (χ0n) is 11.4. The van der Waals surface area contributed by atoms with Gasteiger partial charge < -0.3 is 5.11 Å². The Morgan fingerprint density at radius 3 is 2.21 bits per heavy atom. The number of aliphatic carboxylic acids is 1. The zero-order chi connectivity index (χ0) is 14.6. The number of hydrogen-bond acceptors (Lipinski definition) is 2. The van der Waals surface area contributed by atoms with Crippen molar-refractivity contribution in [1.29, 1.82) is 0 Å². The van der Waals surface area contributed by atoms with Crippen LogP contribution in [0.4, 0.5) is 13.2 Å². The van der Waals surface area contributed by atoms with Crippen LogP contribution in [0.2, 0.25) is 0 Å². The molecule has 0 aromatic rings. The lowest BCUT2D eigenvalue weighted by Gasteiger charge is -2.39. The molecule has 0 radical (unpaired) electrons. The molecule has 0 aliphatic heterocycles. The van der Waals surface area contributed by atoms with Crippen LogP contribution in [-0.4, -0.2) is 40.8 Å². The summed E-state index contributed by atoms with van der Waals surface area (Å²) in [6.45, 7) is 3.80. The summed E-state index contributed by atoms with van der Waals surface area (Å²) >= 11 is 0. The Labute approximate surface area is 111 Å². The second kappa shape index (κ2) is 6.59. The molecule has 1 atom stereocenters. The van der Waals surface area contributed by atoms with Gasteiger partial charge in [0.25, 0.3) is 0 Å². The number of rotatable bonds is 5. The smallest absolute Gasteiger partial charge is 0.391 e. The highest BCUT2D eigenvalue weighted by molar-refractivity contribution is 5.69. The Kier molecular flexibility index (Phi) is 5.64. The summed E-state index contributed by atoms with van der Waals surface area (Å²) in [5, 5.41) is 8.92. The maximum absolute atomic E-state index is 12.6. The Bertz CT molecular complexity index is 299. The summed E-state index contributed by atoms with van der Waals surface area (Å²) in [4.78, 5) is 12.7. The van der Waals surface area contributed by atoms with Crippen LogP contribution in [0.15, 0.2) is 0 Å². The maximum atomic E-state index is 12.6. The van der Waals surface area contributed by atoms with Crippen molar-refractivity contribution in [1.82, 2.24) is 4.90 Å². The molecule has 1 rings (SSSR count). The molecule has 1 aliphatic rings. The zero-order valence-corrected chi connectivity index (χ0v) is 11.4. The molecule has 1 N–H and O–H groups in total. The molecule has 0 aromatic heterocycles. The van der Waals surface area contributed by atoms with Crippen molar-refractivity contribution in [3.8, 4) is 0 Å². The van der Waals surface area contributed by atoms with Crippen molar-refractivity contribution >= 4 is 5.97 Å². The van der Waals surface area contributed by atoms with Crippen LogP contribution in [0.3, 0.4) is 0 Å². The fourth-order valence-corrected chi connectivity index (χ4v) is 2.77. The third kappa shape index (κ3) is 4.67. The van der Waals surface area contributed by atoms with Crippen molar-refractivity contribution in [2.45, 2.75) is 64.2 Å². The highest BCUT2D eigenvalue weighted by Crippen LogP contribution is 2.39. The predicted molar refractivity (Wildman–Crippen MR) is 65.9 cm³/mol. The fraction of sp³-hybridized carbons (Fsp3) is 0.923. The van der Waals surface area contributed by atoms with E-state index in [0.29, 0.717) is 12.8 Å². The van der Waals surface area contributed by atoms with E-state index in [1.54, 1.807) is 0 Å². The molecule has 1 saturated carbocycles. The summed E-state index contributed by atoms with van der Waals surface area (Å²) < 4.78 is 37.8. The third-order valence-electron chi connectivity index (χ3n) is 4.10. The monoisotopic (exact) mass is 281 g/mol. The van der Waals surface area contributed by atoms with Crippen molar-refractivity contribution < 1.29 is 23.1 Å². The summed E-state index contributed by atoms with van der Waals surface area (Å²) in [7, 11) is 0. The van der Waals surface area contributed by atoms with Gasteiger partial charge in [-0.05, 0) is 39.0 Å². The van der Waals surface area contributed by atoms with Gasteiger partial charge in [-0.15, -0.1) is 0 Å². The van der Waals surface area contributed by atoms with Crippen LogP contribution >= 0.6 is 0 Å². The molecule has 19 heavy (non-hydrogen) atoms. The van der Waals surface area contributed by atoms with Gasteiger partial charge in [-0.2, -0.15) is 13.2 Å². The van der Waals surface area contributed by atoms with E-state index in [1.165, 1.54) is 0 Å². The Balaban J connectivity index is 2.61. The minimum Gasteiger partial charge on any atom is -0.480 e. The standard InChI is InChI=1S/C13H22F3NO2/c1-3-9(2)17(8-12(18)19)11-6-4-10(5-7-11)13(14,15)16/h9-11H,3-8H2,1-2H3,(H,18,19). The minimum atomic E-state index is -4.11. The fourth-order valence-electron chi connectivity index (χ4n) is 2.77. The lowest BCUT2D eigenvalue weighted by atomic mass is 9.84. The van der Waals surface area contributed by atoms with E-state index in [0.717, 1.165) is 6.42 Å². The number of nitrogens with zero attached hydrogens (tertiary/aromatic N) is 1. The number of alkyl halides is 3. The van der Waals surface area contributed by atoms with Gasteiger partial charge in [-0.25, -0.2) is 0 Å². The Hall–Kier alpha value is -0.780. The molecule has 1 aliphatic carbocycles. The van der Waals surface area contributed by atoms with Crippen LogP contribution < -0.4 is 0 Å². The molecule has 0 saturated heterocycles. The first-order valence-electron chi connectivity index (χ1n) is 6.80. The molecule has 3 nitrogen and oxygen atoms in total. The normalized spacial score (nSPS) is 26.4. The molecule has 112 valence electrons. The number of halogens is 3. The number of carboxylic acid groups (broad SMARTS) is 1. The largest absolute Gasteiger partial charge is 0.480 e. The van der Waals surface area contributed by atoms with Gasteiger partial charge in [0, 0.05) is 12.1 Å². The molecule has 0 heterocycles. The molecule has 1 unspecified atom stereocenters. The van der Waals surface area contributed by atoms with E-state index in [-0.39, 0.29) is 31.5 Å². The van der Waals surface area contributed by atoms with Crippen molar-refractivity contribution in [2.75, 3.05) is 6.54 Å². The molecule has 0 amide bonds. The van der Waals surface area contributed by atoms with Gasteiger partial charge in [0.15, 0.2) is 0 Å². The second-order valence-electron chi connectivity index (χ2n) is 5.37. The average molecular weight is 281 g/mol. The van der Waals surface area contributed by atoms with Crippen LogP contribution in [-0.2, 0) is 4.79 Å². The molecular weight excluding hydrogens is 259 g/mol. The lowest BCUT2D eigenvalue weighted by molar-refractivity contribution is -0.185. The van der Waals surface area contributed by atoms with Crippen molar-refractivity contribution in [3.05, 3.63) is 0 Å². The number of hydrogen-bond donors (Lipinski definition) is 1. The number of carboxylic acids is 1. The highest BCUT2D eigenvalue weighted by atomic mass is 19.4. The summed E-state index contributed by atoms with van der Waals surface area (Å²) in [6, 6.07) is 0.0492. The molecule has 1 fully saturated rings.